The Balaban J connectivity index is 1.97. The van der Waals surface area contributed by atoms with E-state index in [0.29, 0.717) is 11.9 Å². The molecule has 0 saturated carbocycles. The predicted octanol–water partition coefficient (Wildman–Crippen LogP) is 2.70. The highest BCUT2D eigenvalue weighted by molar-refractivity contribution is 6.28. The van der Waals surface area contributed by atoms with Crippen LogP contribution in [0.1, 0.15) is 32.6 Å². The molecule has 7 heteroatoms. The van der Waals surface area contributed by atoms with Gasteiger partial charge in [0.05, 0.1) is 0 Å². The third-order valence-corrected chi connectivity index (χ3v) is 2.81. The molecule has 2 aromatic heterocycles. The second-order valence-electron chi connectivity index (χ2n) is 4.19. The number of anilines is 1. The lowest BCUT2D eigenvalue weighted by Crippen LogP contribution is -2.09. The summed E-state index contributed by atoms with van der Waals surface area (Å²) in [5, 5.41) is 3.34. The van der Waals surface area contributed by atoms with Crippen molar-refractivity contribution < 1.29 is 0 Å². The molecule has 2 rings (SSSR count). The van der Waals surface area contributed by atoms with E-state index in [0.717, 1.165) is 13.0 Å². The molecule has 0 saturated heterocycles. The standard InChI is InChI=1S/C12H17ClN6/c1-2-3-4-5-6-15-11-16-10(13)17-12(18-11)19-8-7-14-9-19/h7-9H,2-6H2,1H3,(H,15,16,17,18). The van der Waals surface area contributed by atoms with E-state index in [4.69, 9.17) is 11.6 Å². The molecule has 102 valence electrons. The van der Waals surface area contributed by atoms with E-state index < -0.39 is 0 Å². The summed E-state index contributed by atoms with van der Waals surface area (Å²) in [4.78, 5) is 16.4. The summed E-state index contributed by atoms with van der Waals surface area (Å²) in [6.45, 7) is 3.03. The molecule has 6 nitrogen and oxygen atoms in total. The Bertz CT molecular complexity index is 499. The van der Waals surface area contributed by atoms with E-state index in [-0.39, 0.29) is 5.28 Å². The van der Waals surface area contributed by atoms with E-state index in [1.54, 1.807) is 23.3 Å². The molecule has 0 aromatic carbocycles. The Morgan fingerprint density at radius 1 is 1.21 bits per heavy atom. The van der Waals surface area contributed by atoms with Crippen LogP contribution in [0.3, 0.4) is 0 Å². The van der Waals surface area contributed by atoms with Gasteiger partial charge < -0.3 is 5.32 Å². The first kappa shape index (κ1) is 13.7. The Hall–Kier alpha value is -1.69. The number of nitrogens with one attached hydrogen (secondary N) is 1. The van der Waals surface area contributed by atoms with Crippen LogP contribution >= 0.6 is 11.6 Å². The number of halogens is 1. The number of hydrogen-bond acceptors (Lipinski definition) is 5. The quantitative estimate of drug-likeness (QED) is 0.790. The Morgan fingerprint density at radius 2 is 2.11 bits per heavy atom. The number of hydrogen-bond donors (Lipinski definition) is 1. The summed E-state index contributed by atoms with van der Waals surface area (Å²) in [6.07, 6.45) is 9.82. The van der Waals surface area contributed by atoms with Crippen LogP contribution in [-0.2, 0) is 0 Å². The molecule has 19 heavy (non-hydrogen) atoms. The van der Waals surface area contributed by atoms with Crippen molar-refractivity contribution in [3.63, 3.8) is 0 Å². The van der Waals surface area contributed by atoms with Crippen LogP contribution in [0.15, 0.2) is 18.7 Å². The molecule has 0 unspecified atom stereocenters. The molecule has 0 atom stereocenters. The SMILES string of the molecule is CCCCCCNc1nc(Cl)nc(-n2ccnc2)n1. The minimum atomic E-state index is 0.176. The Kier molecular flexibility index (Phi) is 5.09. The van der Waals surface area contributed by atoms with Crippen molar-refractivity contribution in [2.45, 2.75) is 32.6 Å². The maximum atomic E-state index is 5.89. The number of unbranched alkanes of at least 4 members (excludes halogenated alkanes) is 3. The van der Waals surface area contributed by atoms with Gasteiger partial charge in [0.15, 0.2) is 0 Å². The van der Waals surface area contributed by atoms with Gasteiger partial charge in [0.25, 0.3) is 0 Å². The van der Waals surface area contributed by atoms with E-state index >= 15 is 0 Å². The predicted molar refractivity (Wildman–Crippen MR) is 74.6 cm³/mol. The maximum absolute atomic E-state index is 5.89. The smallest absolute Gasteiger partial charge is 0.241 e. The first-order valence-corrected chi connectivity index (χ1v) is 6.81. The van der Waals surface area contributed by atoms with Gasteiger partial charge in [-0.25, -0.2) is 4.98 Å². The molecular formula is C12H17ClN6. The summed E-state index contributed by atoms with van der Waals surface area (Å²) >= 11 is 5.89. The van der Waals surface area contributed by atoms with Crippen LogP contribution in [0.25, 0.3) is 5.95 Å². The Morgan fingerprint density at radius 3 is 2.84 bits per heavy atom. The average Bonchev–Trinajstić information content (AvgIpc) is 2.92. The average molecular weight is 281 g/mol. The largest absolute Gasteiger partial charge is 0.354 e. The zero-order valence-corrected chi connectivity index (χ0v) is 11.6. The topological polar surface area (TPSA) is 68.5 Å². The summed E-state index contributed by atoms with van der Waals surface area (Å²) in [5.41, 5.74) is 0. The van der Waals surface area contributed by atoms with Gasteiger partial charge in [0, 0.05) is 18.9 Å². The third-order valence-electron chi connectivity index (χ3n) is 2.65. The second kappa shape index (κ2) is 7.04. The number of imidazole rings is 1. The zero-order valence-electron chi connectivity index (χ0n) is 10.9. The number of aromatic nitrogens is 5. The van der Waals surface area contributed by atoms with Gasteiger partial charge in [-0.3, -0.25) is 4.57 Å². The fourth-order valence-corrected chi connectivity index (χ4v) is 1.82. The molecule has 0 aliphatic heterocycles. The minimum absolute atomic E-state index is 0.176. The van der Waals surface area contributed by atoms with Crippen LogP contribution < -0.4 is 5.32 Å². The summed E-state index contributed by atoms with van der Waals surface area (Å²) in [6, 6.07) is 0. The molecule has 1 N–H and O–H groups in total. The van der Waals surface area contributed by atoms with Crippen molar-refractivity contribution in [1.29, 1.82) is 0 Å². The molecule has 2 aromatic rings. The highest BCUT2D eigenvalue weighted by Gasteiger charge is 2.05. The van der Waals surface area contributed by atoms with Crippen LogP contribution in [0.2, 0.25) is 5.28 Å². The number of nitrogens with zero attached hydrogens (tertiary/aromatic N) is 5. The van der Waals surface area contributed by atoms with Gasteiger partial charge in [0.1, 0.15) is 6.33 Å². The van der Waals surface area contributed by atoms with Gasteiger partial charge in [0.2, 0.25) is 17.2 Å². The molecule has 2 heterocycles. The van der Waals surface area contributed by atoms with Crippen LogP contribution in [0.5, 0.6) is 0 Å². The lowest BCUT2D eigenvalue weighted by molar-refractivity contribution is 0.682. The van der Waals surface area contributed by atoms with Gasteiger partial charge in [-0.2, -0.15) is 15.0 Å². The van der Waals surface area contributed by atoms with E-state index in [2.05, 4.69) is 32.2 Å². The van der Waals surface area contributed by atoms with Crippen molar-refractivity contribution in [1.82, 2.24) is 24.5 Å². The first-order chi connectivity index (χ1) is 9.29. The Labute approximate surface area is 117 Å². The monoisotopic (exact) mass is 280 g/mol. The lowest BCUT2D eigenvalue weighted by atomic mass is 10.2. The highest BCUT2D eigenvalue weighted by atomic mass is 35.5. The molecule has 0 radical (unpaired) electrons. The second-order valence-corrected chi connectivity index (χ2v) is 4.52. The summed E-state index contributed by atoms with van der Waals surface area (Å²) in [7, 11) is 0. The molecule has 0 bridgehead atoms. The fraction of sp³-hybridized carbons (Fsp3) is 0.500. The van der Waals surface area contributed by atoms with Gasteiger partial charge >= 0.3 is 0 Å². The molecular weight excluding hydrogens is 264 g/mol. The lowest BCUT2D eigenvalue weighted by Gasteiger charge is -2.06. The molecule has 0 amide bonds. The first-order valence-electron chi connectivity index (χ1n) is 6.43. The van der Waals surface area contributed by atoms with E-state index in [1.165, 1.54) is 19.3 Å². The fourth-order valence-electron chi connectivity index (χ4n) is 1.66. The molecule has 0 fully saturated rings. The van der Waals surface area contributed by atoms with Crippen molar-refractivity contribution in [2.24, 2.45) is 0 Å². The van der Waals surface area contributed by atoms with Crippen molar-refractivity contribution in [3.8, 4) is 5.95 Å². The highest BCUT2D eigenvalue weighted by Crippen LogP contribution is 2.09. The van der Waals surface area contributed by atoms with Gasteiger partial charge in [-0.15, -0.1) is 0 Å². The van der Waals surface area contributed by atoms with Crippen molar-refractivity contribution >= 4 is 17.5 Å². The normalized spacial score (nSPS) is 10.6. The van der Waals surface area contributed by atoms with Crippen LogP contribution in [0, 0.1) is 0 Å². The molecule has 0 spiro atoms. The van der Waals surface area contributed by atoms with E-state index in [9.17, 15) is 0 Å². The van der Waals surface area contributed by atoms with Crippen LogP contribution in [-0.4, -0.2) is 31.0 Å². The summed E-state index contributed by atoms with van der Waals surface area (Å²) in [5.74, 6) is 0.966. The number of rotatable bonds is 7. The van der Waals surface area contributed by atoms with E-state index in [1.807, 2.05) is 0 Å². The third kappa shape index (κ3) is 4.17. The minimum Gasteiger partial charge on any atom is -0.354 e. The molecule has 0 aliphatic rings. The van der Waals surface area contributed by atoms with Crippen LogP contribution in [0.4, 0.5) is 5.95 Å². The summed E-state index contributed by atoms with van der Waals surface area (Å²) < 4.78 is 1.69. The van der Waals surface area contributed by atoms with Gasteiger partial charge in [-0.1, -0.05) is 26.2 Å². The van der Waals surface area contributed by atoms with Gasteiger partial charge in [-0.05, 0) is 18.0 Å². The van der Waals surface area contributed by atoms with Crippen molar-refractivity contribution in [2.75, 3.05) is 11.9 Å². The van der Waals surface area contributed by atoms with Crippen molar-refractivity contribution in [3.05, 3.63) is 24.0 Å². The maximum Gasteiger partial charge on any atom is 0.241 e. The molecule has 0 aliphatic carbocycles. The zero-order chi connectivity index (χ0) is 13.5.